The van der Waals surface area contributed by atoms with Gasteiger partial charge >= 0.3 is 0 Å². The van der Waals surface area contributed by atoms with Gasteiger partial charge in [-0.15, -0.1) is 0 Å². The topological polar surface area (TPSA) is 18.5 Å². The maximum absolute atomic E-state index is 5.70. The van der Waals surface area contributed by atoms with Gasteiger partial charge < -0.3 is 9.47 Å². The molecule has 2 heteroatoms. The molecule has 1 aromatic carbocycles. The van der Waals surface area contributed by atoms with Crippen molar-refractivity contribution in [2.45, 2.75) is 45.1 Å². The van der Waals surface area contributed by atoms with Gasteiger partial charge in [-0.25, -0.2) is 0 Å². The predicted molar refractivity (Wildman–Crippen MR) is 78.9 cm³/mol. The van der Waals surface area contributed by atoms with E-state index in [1.54, 1.807) is 0 Å². The molecule has 1 aliphatic rings. The summed E-state index contributed by atoms with van der Waals surface area (Å²) in [6.07, 6.45) is 8.30. The van der Waals surface area contributed by atoms with E-state index in [9.17, 15) is 0 Å². The molecule has 1 atom stereocenters. The molecule has 0 amide bonds. The Morgan fingerprint density at radius 2 is 2.16 bits per heavy atom. The fourth-order valence-corrected chi connectivity index (χ4v) is 2.38. The van der Waals surface area contributed by atoms with E-state index in [2.05, 4.69) is 19.1 Å². The molecular formula is C17H24O2. The predicted octanol–water partition coefficient (Wildman–Crippen LogP) is 4.41. The number of ether oxygens (including phenoxy) is 2. The van der Waals surface area contributed by atoms with Crippen LogP contribution in [0, 0.1) is 0 Å². The number of benzene rings is 1. The minimum absolute atomic E-state index is 0.469. The van der Waals surface area contributed by atoms with Crippen LogP contribution in [-0.4, -0.2) is 19.3 Å². The molecular weight excluding hydrogens is 236 g/mol. The van der Waals surface area contributed by atoms with E-state index in [0.29, 0.717) is 6.10 Å². The highest BCUT2D eigenvalue weighted by molar-refractivity contribution is 5.62. The number of rotatable bonds is 6. The van der Waals surface area contributed by atoms with Crippen LogP contribution in [0.25, 0.3) is 5.57 Å². The number of hydrogen-bond donors (Lipinski definition) is 0. The van der Waals surface area contributed by atoms with Crippen molar-refractivity contribution >= 4 is 5.57 Å². The third-order valence-corrected chi connectivity index (χ3v) is 3.55. The first kappa shape index (κ1) is 14.1. The van der Waals surface area contributed by atoms with Crippen LogP contribution in [0.2, 0.25) is 0 Å². The lowest BCUT2D eigenvalue weighted by atomic mass is 10.1. The molecule has 1 heterocycles. The molecule has 0 saturated carbocycles. The van der Waals surface area contributed by atoms with Crippen molar-refractivity contribution < 1.29 is 9.47 Å². The van der Waals surface area contributed by atoms with Crippen LogP contribution in [0.5, 0.6) is 0 Å². The Morgan fingerprint density at radius 1 is 1.32 bits per heavy atom. The summed E-state index contributed by atoms with van der Waals surface area (Å²) in [5.74, 6) is 0. The van der Waals surface area contributed by atoms with Gasteiger partial charge in [0.25, 0.3) is 0 Å². The van der Waals surface area contributed by atoms with Crippen molar-refractivity contribution in [3.05, 3.63) is 42.2 Å². The zero-order valence-electron chi connectivity index (χ0n) is 11.8. The van der Waals surface area contributed by atoms with Crippen LogP contribution in [0.4, 0.5) is 0 Å². The second kappa shape index (κ2) is 8.00. The number of hydrogen-bond acceptors (Lipinski definition) is 2. The summed E-state index contributed by atoms with van der Waals surface area (Å²) < 4.78 is 11.3. The molecule has 0 spiro atoms. The highest BCUT2D eigenvalue weighted by atomic mass is 16.5. The fourth-order valence-electron chi connectivity index (χ4n) is 2.38. The normalized spacial score (nSPS) is 20.3. The van der Waals surface area contributed by atoms with Crippen LogP contribution in [0.3, 0.4) is 0 Å². The first-order valence-electron chi connectivity index (χ1n) is 7.31. The van der Waals surface area contributed by atoms with Gasteiger partial charge in [-0.3, -0.25) is 0 Å². The second-order valence-electron chi connectivity index (χ2n) is 5.17. The van der Waals surface area contributed by atoms with E-state index in [0.717, 1.165) is 26.1 Å². The highest BCUT2D eigenvalue weighted by Crippen LogP contribution is 2.17. The van der Waals surface area contributed by atoms with E-state index >= 15 is 0 Å². The zero-order valence-corrected chi connectivity index (χ0v) is 11.8. The van der Waals surface area contributed by atoms with Gasteiger partial charge in [-0.05, 0) is 50.2 Å². The Labute approximate surface area is 116 Å². The minimum Gasteiger partial charge on any atom is -0.501 e. The Morgan fingerprint density at radius 3 is 2.89 bits per heavy atom. The zero-order chi connectivity index (χ0) is 13.3. The Hall–Kier alpha value is -1.28. The molecule has 104 valence electrons. The van der Waals surface area contributed by atoms with E-state index in [1.165, 1.54) is 30.4 Å². The molecule has 2 rings (SSSR count). The Balaban J connectivity index is 1.63. The van der Waals surface area contributed by atoms with Crippen molar-refractivity contribution in [2.24, 2.45) is 0 Å². The first-order chi connectivity index (χ1) is 9.36. The molecule has 0 N–H and O–H groups in total. The Kier molecular flexibility index (Phi) is 5.96. The lowest BCUT2D eigenvalue weighted by molar-refractivity contribution is 0.00735. The van der Waals surface area contributed by atoms with Gasteiger partial charge in [0.05, 0.1) is 19.0 Å². The summed E-state index contributed by atoms with van der Waals surface area (Å²) in [6.45, 7) is 3.81. The summed E-state index contributed by atoms with van der Waals surface area (Å²) in [7, 11) is 0. The van der Waals surface area contributed by atoms with E-state index < -0.39 is 0 Å². The Bertz CT molecular complexity index is 378. The standard InChI is InChI=1S/C17H24O2/c1-15(16-8-3-2-4-9-16)14-18-12-7-11-17-10-5-6-13-19-17/h2-4,8-9,14,17H,5-7,10-13H2,1H3/b15-14-. The lowest BCUT2D eigenvalue weighted by Gasteiger charge is -2.22. The summed E-state index contributed by atoms with van der Waals surface area (Å²) >= 11 is 0. The van der Waals surface area contributed by atoms with Crippen LogP contribution in [0.1, 0.15) is 44.6 Å². The van der Waals surface area contributed by atoms with Gasteiger partial charge in [-0.1, -0.05) is 30.3 Å². The van der Waals surface area contributed by atoms with E-state index in [1.807, 2.05) is 24.5 Å². The summed E-state index contributed by atoms with van der Waals surface area (Å²) in [5, 5.41) is 0. The third-order valence-electron chi connectivity index (χ3n) is 3.55. The van der Waals surface area contributed by atoms with Crippen LogP contribution < -0.4 is 0 Å². The summed E-state index contributed by atoms with van der Waals surface area (Å²) in [6, 6.07) is 10.3. The molecule has 2 nitrogen and oxygen atoms in total. The molecule has 0 aromatic heterocycles. The van der Waals surface area contributed by atoms with Gasteiger partial charge in [0, 0.05) is 6.61 Å². The largest absolute Gasteiger partial charge is 0.501 e. The first-order valence-corrected chi connectivity index (χ1v) is 7.31. The van der Waals surface area contributed by atoms with Crippen molar-refractivity contribution in [3.8, 4) is 0 Å². The van der Waals surface area contributed by atoms with Crippen LogP contribution in [0.15, 0.2) is 36.6 Å². The van der Waals surface area contributed by atoms with Crippen LogP contribution in [-0.2, 0) is 9.47 Å². The molecule has 1 aliphatic heterocycles. The lowest BCUT2D eigenvalue weighted by Crippen LogP contribution is -2.19. The molecule has 0 bridgehead atoms. The van der Waals surface area contributed by atoms with Crippen molar-refractivity contribution in [1.82, 2.24) is 0 Å². The van der Waals surface area contributed by atoms with E-state index in [-0.39, 0.29) is 0 Å². The minimum atomic E-state index is 0.469. The number of allylic oxidation sites excluding steroid dienone is 1. The SMILES string of the molecule is C/C(=C/OCCCC1CCCCO1)c1ccccc1. The fraction of sp³-hybridized carbons (Fsp3) is 0.529. The molecule has 1 saturated heterocycles. The smallest absolute Gasteiger partial charge is 0.0874 e. The van der Waals surface area contributed by atoms with Gasteiger partial charge in [0.2, 0.25) is 0 Å². The van der Waals surface area contributed by atoms with E-state index in [4.69, 9.17) is 9.47 Å². The van der Waals surface area contributed by atoms with Gasteiger partial charge in [0.15, 0.2) is 0 Å². The molecule has 0 radical (unpaired) electrons. The quantitative estimate of drug-likeness (QED) is 0.557. The van der Waals surface area contributed by atoms with Gasteiger partial charge in [0.1, 0.15) is 0 Å². The molecule has 1 fully saturated rings. The average molecular weight is 260 g/mol. The second-order valence-corrected chi connectivity index (χ2v) is 5.17. The maximum atomic E-state index is 5.70. The molecule has 0 aliphatic carbocycles. The average Bonchev–Trinajstić information content (AvgIpc) is 2.49. The van der Waals surface area contributed by atoms with Crippen molar-refractivity contribution in [3.63, 3.8) is 0 Å². The van der Waals surface area contributed by atoms with Crippen molar-refractivity contribution in [1.29, 1.82) is 0 Å². The summed E-state index contributed by atoms with van der Waals surface area (Å²) in [5.41, 5.74) is 2.40. The summed E-state index contributed by atoms with van der Waals surface area (Å²) in [4.78, 5) is 0. The monoisotopic (exact) mass is 260 g/mol. The maximum Gasteiger partial charge on any atom is 0.0874 e. The molecule has 1 unspecified atom stereocenters. The van der Waals surface area contributed by atoms with Crippen LogP contribution >= 0.6 is 0 Å². The highest BCUT2D eigenvalue weighted by Gasteiger charge is 2.12. The molecule has 1 aromatic rings. The third kappa shape index (κ3) is 5.07. The molecule has 19 heavy (non-hydrogen) atoms. The van der Waals surface area contributed by atoms with Gasteiger partial charge in [-0.2, -0.15) is 0 Å². The van der Waals surface area contributed by atoms with Crippen molar-refractivity contribution in [2.75, 3.05) is 13.2 Å².